The van der Waals surface area contributed by atoms with Crippen LogP contribution in [0.3, 0.4) is 0 Å². The number of benzene rings is 1. The molecule has 0 aromatic heterocycles. The zero-order chi connectivity index (χ0) is 12.3. The van der Waals surface area contributed by atoms with E-state index in [1.807, 2.05) is 0 Å². The third-order valence-electron chi connectivity index (χ3n) is 1.88. The lowest BCUT2D eigenvalue weighted by Gasteiger charge is -1.99. The van der Waals surface area contributed by atoms with Gasteiger partial charge in [0.15, 0.2) is 0 Å². The molecule has 1 aromatic carbocycles. The molecule has 1 aliphatic rings. The number of rotatable bonds is 3. The fourth-order valence-electron chi connectivity index (χ4n) is 1.18. The zero-order valence-electron chi connectivity index (χ0n) is 8.38. The number of hydrogen-bond acceptors (Lipinski definition) is 6. The first-order chi connectivity index (χ1) is 8.19. The summed E-state index contributed by atoms with van der Waals surface area (Å²) in [6.45, 7) is 0. The van der Waals surface area contributed by atoms with Crippen LogP contribution in [0, 0.1) is 0 Å². The van der Waals surface area contributed by atoms with Crippen LogP contribution in [0.1, 0.15) is 0 Å². The number of carbonyl (C=O) groups is 2. The molecule has 0 atom stereocenters. The van der Waals surface area contributed by atoms with Crippen molar-refractivity contribution in [2.24, 2.45) is 4.99 Å². The van der Waals surface area contributed by atoms with E-state index < -0.39 is 11.9 Å². The van der Waals surface area contributed by atoms with Crippen LogP contribution in [0.25, 0.3) is 0 Å². The van der Waals surface area contributed by atoms with Gasteiger partial charge in [-0.25, -0.2) is 9.59 Å². The Kier molecular flexibility index (Phi) is 3.49. The van der Waals surface area contributed by atoms with Gasteiger partial charge in [0.25, 0.3) is 0 Å². The molecule has 0 aliphatic carbocycles. The molecule has 0 fully saturated rings. The summed E-state index contributed by atoms with van der Waals surface area (Å²) in [5, 5.41) is 2.26. The smallest absolute Gasteiger partial charge is 0.353 e. The molecule has 0 saturated carbocycles. The Labute approximate surface area is 106 Å². The number of thiocarbonyl (C=S) groups is 1. The molecule has 2 rings (SSSR count). The van der Waals surface area contributed by atoms with Crippen LogP contribution in [0.15, 0.2) is 45.1 Å². The Morgan fingerprint density at radius 2 is 1.94 bits per heavy atom. The van der Waals surface area contributed by atoms with Gasteiger partial charge >= 0.3 is 11.9 Å². The largest absolute Gasteiger partial charge is 0.386 e. The normalized spacial score (nSPS) is 14.0. The Morgan fingerprint density at radius 1 is 1.24 bits per heavy atom. The van der Waals surface area contributed by atoms with Crippen LogP contribution in [-0.2, 0) is 14.3 Å². The molecule has 6 heteroatoms. The first-order valence-electron chi connectivity index (χ1n) is 4.52. The molecule has 0 N–H and O–H groups in total. The van der Waals surface area contributed by atoms with E-state index in [0.29, 0.717) is 5.69 Å². The maximum atomic E-state index is 11.2. The lowest BCUT2D eigenvalue weighted by molar-refractivity contribution is -0.150. The summed E-state index contributed by atoms with van der Waals surface area (Å²) in [5.41, 5.74) is 0.684. The van der Waals surface area contributed by atoms with Crippen molar-refractivity contribution < 1.29 is 14.3 Å². The summed E-state index contributed by atoms with van der Waals surface area (Å²) in [7, 11) is 0. The molecule has 1 heterocycles. The fraction of sp³-hybridized carbons (Fsp3) is 0. The van der Waals surface area contributed by atoms with E-state index in [-0.39, 0.29) is 4.91 Å². The van der Waals surface area contributed by atoms with Crippen LogP contribution in [0.4, 0.5) is 5.69 Å². The van der Waals surface area contributed by atoms with Crippen LogP contribution >= 0.6 is 24.0 Å². The number of aliphatic imine (C=N–C) groups is 1. The van der Waals surface area contributed by atoms with Crippen molar-refractivity contribution >= 4 is 46.8 Å². The minimum Gasteiger partial charge on any atom is -0.386 e. The van der Waals surface area contributed by atoms with Crippen molar-refractivity contribution in [3.05, 3.63) is 35.2 Å². The number of esters is 2. The molecule has 0 amide bonds. The summed E-state index contributed by atoms with van der Waals surface area (Å²) < 4.78 is 4.37. The van der Waals surface area contributed by atoms with Gasteiger partial charge in [0.1, 0.15) is 4.91 Å². The molecule has 1 aromatic rings. The number of nitrogens with zero attached hydrogens (tertiary/aromatic N) is 1. The molecule has 17 heavy (non-hydrogen) atoms. The number of ether oxygens (including phenoxy) is 1. The number of thioether (sulfide) groups is 1. The number of hydrogen-bond donors (Lipinski definition) is 0. The van der Waals surface area contributed by atoms with Crippen molar-refractivity contribution in [3.63, 3.8) is 0 Å². The monoisotopic (exact) mass is 263 g/mol. The lowest BCUT2D eigenvalue weighted by atomic mass is 10.3. The van der Waals surface area contributed by atoms with Gasteiger partial charge < -0.3 is 4.74 Å². The number of isothiocyanates is 1. The maximum absolute atomic E-state index is 11.2. The highest BCUT2D eigenvalue weighted by molar-refractivity contribution is 8.04. The third kappa shape index (κ3) is 2.88. The highest BCUT2D eigenvalue weighted by atomic mass is 32.2. The maximum Gasteiger partial charge on any atom is 0.353 e. The van der Waals surface area contributed by atoms with Crippen LogP contribution in [-0.4, -0.2) is 17.1 Å². The number of carbonyl (C=O) groups excluding carboxylic acids is 2. The summed E-state index contributed by atoms with van der Waals surface area (Å²) in [4.78, 5) is 26.9. The second-order valence-corrected chi connectivity index (χ2v) is 4.31. The highest BCUT2D eigenvalue weighted by Gasteiger charge is 2.24. The van der Waals surface area contributed by atoms with Gasteiger partial charge in [0, 0.05) is 11.0 Å². The van der Waals surface area contributed by atoms with Crippen LogP contribution in [0.2, 0.25) is 0 Å². The highest BCUT2D eigenvalue weighted by Crippen LogP contribution is 2.31. The van der Waals surface area contributed by atoms with Crippen molar-refractivity contribution in [1.82, 2.24) is 0 Å². The van der Waals surface area contributed by atoms with Gasteiger partial charge in [-0.1, -0.05) is 11.8 Å². The van der Waals surface area contributed by atoms with Gasteiger partial charge in [0.05, 0.1) is 10.8 Å². The standard InChI is InChI=1S/C11H5NO3S2/c13-10-5-9(11(14)15-10)17-8-3-1-7(2-4-8)12-6-16/h1-5H. The Morgan fingerprint density at radius 3 is 2.47 bits per heavy atom. The summed E-state index contributed by atoms with van der Waals surface area (Å²) in [5.74, 6) is -1.24. The second-order valence-electron chi connectivity index (χ2n) is 3.02. The van der Waals surface area contributed by atoms with Crippen LogP contribution < -0.4 is 0 Å². The predicted octanol–water partition coefficient (Wildman–Crippen LogP) is 2.48. The second kappa shape index (κ2) is 5.05. The van der Waals surface area contributed by atoms with E-state index in [9.17, 15) is 9.59 Å². The SMILES string of the molecule is O=C1C=C(Sc2ccc(N=C=S)cc2)C(=O)O1. The molecule has 1 aliphatic heterocycles. The number of cyclic esters (lactones) is 2. The van der Waals surface area contributed by atoms with E-state index >= 15 is 0 Å². The lowest BCUT2D eigenvalue weighted by Crippen LogP contribution is -1.99. The van der Waals surface area contributed by atoms with E-state index in [4.69, 9.17) is 0 Å². The zero-order valence-corrected chi connectivity index (χ0v) is 10.0. The predicted molar refractivity (Wildman–Crippen MR) is 66.2 cm³/mol. The minimum absolute atomic E-state index is 0.279. The molecule has 0 spiro atoms. The molecule has 0 saturated heterocycles. The summed E-state index contributed by atoms with van der Waals surface area (Å²) >= 11 is 5.65. The van der Waals surface area contributed by atoms with E-state index in [2.05, 4.69) is 27.1 Å². The first-order valence-corrected chi connectivity index (χ1v) is 5.75. The molecular formula is C11H5NO3S2. The molecule has 0 unspecified atom stereocenters. The molecule has 84 valence electrons. The van der Waals surface area contributed by atoms with E-state index in [1.165, 1.54) is 17.8 Å². The van der Waals surface area contributed by atoms with Gasteiger partial charge in [-0.15, -0.1) is 0 Å². The van der Waals surface area contributed by atoms with E-state index in [0.717, 1.165) is 4.90 Å². The van der Waals surface area contributed by atoms with Crippen molar-refractivity contribution in [1.29, 1.82) is 0 Å². The molecule has 4 nitrogen and oxygen atoms in total. The molecule has 0 bridgehead atoms. The Bertz CT molecular complexity index is 557. The van der Waals surface area contributed by atoms with Crippen LogP contribution in [0.5, 0.6) is 0 Å². The van der Waals surface area contributed by atoms with Gasteiger partial charge in [-0.05, 0) is 36.5 Å². The molecular weight excluding hydrogens is 258 g/mol. The van der Waals surface area contributed by atoms with Gasteiger partial charge in [-0.2, -0.15) is 4.99 Å². The Balaban J connectivity index is 2.14. The Hall–Kier alpha value is -1.75. The van der Waals surface area contributed by atoms with Crippen molar-refractivity contribution in [3.8, 4) is 0 Å². The van der Waals surface area contributed by atoms with Crippen molar-refractivity contribution in [2.45, 2.75) is 4.90 Å². The average molecular weight is 263 g/mol. The third-order valence-corrected chi connectivity index (χ3v) is 2.99. The minimum atomic E-state index is -0.626. The topological polar surface area (TPSA) is 55.7 Å². The molecule has 0 radical (unpaired) electrons. The fourth-order valence-corrected chi connectivity index (χ4v) is 2.09. The first kappa shape index (κ1) is 11.7. The van der Waals surface area contributed by atoms with E-state index in [1.54, 1.807) is 24.3 Å². The quantitative estimate of drug-likeness (QED) is 0.363. The van der Waals surface area contributed by atoms with Gasteiger partial charge in [0.2, 0.25) is 0 Å². The van der Waals surface area contributed by atoms with Crippen molar-refractivity contribution in [2.75, 3.05) is 0 Å². The van der Waals surface area contributed by atoms with Gasteiger partial charge in [-0.3, -0.25) is 0 Å². The summed E-state index contributed by atoms with van der Waals surface area (Å²) in [6, 6.07) is 7.02. The average Bonchev–Trinajstić information content (AvgIpc) is 2.61. The summed E-state index contributed by atoms with van der Waals surface area (Å²) in [6.07, 6.45) is 1.18.